The summed E-state index contributed by atoms with van der Waals surface area (Å²) in [5, 5.41) is 2.71. The maximum absolute atomic E-state index is 12.4. The van der Waals surface area contributed by atoms with Crippen LogP contribution in [-0.2, 0) is 16.1 Å². The van der Waals surface area contributed by atoms with Crippen LogP contribution in [0.15, 0.2) is 54.6 Å². The van der Waals surface area contributed by atoms with Crippen LogP contribution in [0.3, 0.4) is 0 Å². The van der Waals surface area contributed by atoms with E-state index in [9.17, 15) is 9.59 Å². The zero-order valence-electron chi connectivity index (χ0n) is 15.8. The van der Waals surface area contributed by atoms with Crippen LogP contribution in [0.1, 0.15) is 22.2 Å². The van der Waals surface area contributed by atoms with Crippen molar-refractivity contribution in [3.63, 3.8) is 0 Å². The number of thiophene rings is 1. The van der Waals surface area contributed by atoms with E-state index in [1.54, 1.807) is 24.3 Å². The highest BCUT2D eigenvalue weighted by Gasteiger charge is 2.23. The fraction of sp³-hybridized carbons (Fsp3) is 0.182. The van der Waals surface area contributed by atoms with Crippen LogP contribution in [-0.4, -0.2) is 25.1 Å². The van der Waals surface area contributed by atoms with E-state index in [0.29, 0.717) is 29.5 Å². The fourth-order valence-electron chi connectivity index (χ4n) is 3.04. The molecule has 7 heteroatoms. The molecule has 1 N–H and O–H groups in total. The number of benzene rings is 2. The van der Waals surface area contributed by atoms with Gasteiger partial charge in [-0.1, -0.05) is 24.3 Å². The third-order valence-electron chi connectivity index (χ3n) is 4.32. The summed E-state index contributed by atoms with van der Waals surface area (Å²) >= 11 is 1.34. The number of nitrogens with one attached hydrogen (secondary N) is 1. The highest BCUT2D eigenvalue weighted by atomic mass is 32.1. The fourth-order valence-corrected chi connectivity index (χ4v) is 4.13. The molecular formula is C22H19NO5S. The van der Waals surface area contributed by atoms with Gasteiger partial charge in [-0.2, -0.15) is 0 Å². The second kappa shape index (κ2) is 8.36. The molecule has 1 aromatic heterocycles. The van der Waals surface area contributed by atoms with Gasteiger partial charge in [-0.25, -0.2) is 4.79 Å². The van der Waals surface area contributed by atoms with Gasteiger partial charge in [-0.15, -0.1) is 11.3 Å². The van der Waals surface area contributed by atoms with Crippen molar-refractivity contribution in [2.24, 2.45) is 0 Å². The highest BCUT2D eigenvalue weighted by Crippen LogP contribution is 2.42. The topological polar surface area (TPSA) is 73.9 Å². The Morgan fingerprint density at radius 1 is 1.14 bits per heavy atom. The minimum atomic E-state index is -0.532. The van der Waals surface area contributed by atoms with E-state index in [-0.39, 0.29) is 6.61 Å². The molecule has 6 nitrogen and oxygen atoms in total. The number of carbonyl (C=O) groups is 2. The van der Waals surface area contributed by atoms with Crippen LogP contribution >= 0.6 is 11.3 Å². The summed E-state index contributed by atoms with van der Waals surface area (Å²) in [6, 6.07) is 16.6. The molecule has 1 aliphatic heterocycles. The van der Waals surface area contributed by atoms with E-state index >= 15 is 0 Å². The number of rotatable bonds is 6. The summed E-state index contributed by atoms with van der Waals surface area (Å²) in [4.78, 5) is 26.1. The number of carbonyl (C=O) groups excluding carboxylic acids is 2. The van der Waals surface area contributed by atoms with Gasteiger partial charge < -0.3 is 19.5 Å². The normalized spacial score (nSPS) is 11.6. The minimum Gasteiger partial charge on any atom is -0.492 e. The van der Waals surface area contributed by atoms with E-state index in [4.69, 9.17) is 14.2 Å². The van der Waals surface area contributed by atoms with Crippen molar-refractivity contribution in [2.45, 2.75) is 13.5 Å². The van der Waals surface area contributed by atoms with Crippen molar-refractivity contribution in [1.82, 2.24) is 0 Å². The van der Waals surface area contributed by atoms with E-state index in [1.165, 1.54) is 11.3 Å². The van der Waals surface area contributed by atoms with Crippen molar-refractivity contribution in [1.29, 1.82) is 0 Å². The number of fused-ring (bicyclic) bond motifs is 3. The predicted octanol–water partition coefficient (Wildman–Crippen LogP) is 4.50. The lowest BCUT2D eigenvalue weighted by Crippen LogP contribution is -2.21. The van der Waals surface area contributed by atoms with E-state index < -0.39 is 11.9 Å². The number of para-hydroxylation sites is 3. The van der Waals surface area contributed by atoms with E-state index in [1.807, 2.05) is 37.3 Å². The maximum atomic E-state index is 12.4. The molecule has 0 aliphatic carbocycles. The Bertz CT molecular complexity index is 1060. The van der Waals surface area contributed by atoms with Crippen molar-refractivity contribution < 1.29 is 23.8 Å². The minimum absolute atomic E-state index is 0.380. The number of hydrogen-bond acceptors (Lipinski definition) is 6. The van der Waals surface area contributed by atoms with Gasteiger partial charge in [0.1, 0.15) is 23.0 Å². The molecule has 3 aromatic rings. The lowest BCUT2D eigenvalue weighted by molar-refractivity contribution is -0.119. The van der Waals surface area contributed by atoms with Gasteiger partial charge in [0.15, 0.2) is 6.61 Å². The Morgan fingerprint density at radius 2 is 1.93 bits per heavy atom. The van der Waals surface area contributed by atoms with Crippen LogP contribution in [0.25, 0.3) is 10.4 Å². The first kappa shape index (κ1) is 19.0. The monoisotopic (exact) mass is 409 g/mol. The molecule has 2 heterocycles. The number of anilines is 1. The van der Waals surface area contributed by atoms with Crippen LogP contribution in [0.2, 0.25) is 0 Å². The molecule has 0 saturated carbocycles. The molecule has 148 valence electrons. The van der Waals surface area contributed by atoms with Gasteiger partial charge >= 0.3 is 5.97 Å². The molecule has 0 spiro atoms. The molecule has 0 unspecified atom stereocenters. The number of esters is 1. The quantitative estimate of drug-likeness (QED) is 0.607. The zero-order valence-corrected chi connectivity index (χ0v) is 16.6. The number of hydrogen-bond donors (Lipinski definition) is 1. The molecule has 0 atom stereocenters. The van der Waals surface area contributed by atoms with Crippen LogP contribution < -0.4 is 14.8 Å². The molecule has 0 radical (unpaired) electrons. The molecule has 1 aliphatic rings. The molecule has 29 heavy (non-hydrogen) atoms. The largest absolute Gasteiger partial charge is 0.492 e. The van der Waals surface area contributed by atoms with Gasteiger partial charge in [0.25, 0.3) is 5.91 Å². The van der Waals surface area contributed by atoms with Crippen LogP contribution in [0, 0.1) is 0 Å². The average Bonchev–Trinajstić information content (AvgIpc) is 3.19. The van der Waals surface area contributed by atoms with Gasteiger partial charge in [0, 0.05) is 16.0 Å². The summed E-state index contributed by atoms with van der Waals surface area (Å²) in [5.41, 5.74) is 2.44. The smallest absolute Gasteiger partial charge is 0.348 e. The Labute approximate surface area is 172 Å². The second-order valence-corrected chi connectivity index (χ2v) is 7.36. The van der Waals surface area contributed by atoms with Crippen LogP contribution in [0.4, 0.5) is 5.69 Å². The Morgan fingerprint density at radius 3 is 2.79 bits per heavy atom. The molecule has 1 amide bonds. The summed E-state index contributed by atoms with van der Waals surface area (Å²) in [5.74, 6) is 0.406. The van der Waals surface area contributed by atoms with E-state index in [2.05, 4.69) is 5.32 Å². The molecule has 0 saturated heterocycles. The van der Waals surface area contributed by atoms with Crippen LogP contribution in [0.5, 0.6) is 11.5 Å². The molecule has 0 fully saturated rings. The van der Waals surface area contributed by atoms with Crippen molar-refractivity contribution in [3.8, 4) is 21.9 Å². The Balaban J connectivity index is 1.40. The van der Waals surface area contributed by atoms with Gasteiger partial charge in [0.05, 0.1) is 12.3 Å². The lowest BCUT2D eigenvalue weighted by Gasteiger charge is -2.16. The molecule has 4 rings (SSSR count). The van der Waals surface area contributed by atoms with Crippen molar-refractivity contribution >= 4 is 28.9 Å². The zero-order chi connectivity index (χ0) is 20.2. The SMILES string of the molecule is CCOc1ccccc1NC(=O)COC(=O)c1cc2c(s1)-c1ccccc1OC2. The number of amides is 1. The predicted molar refractivity (Wildman–Crippen MR) is 111 cm³/mol. The van der Waals surface area contributed by atoms with Gasteiger partial charge in [0.2, 0.25) is 0 Å². The Kier molecular flexibility index (Phi) is 5.48. The summed E-state index contributed by atoms with van der Waals surface area (Å²) in [7, 11) is 0. The molecular weight excluding hydrogens is 390 g/mol. The third-order valence-corrected chi connectivity index (χ3v) is 5.51. The number of ether oxygens (including phenoxy) is 3. The summed E-state index contributed by atoms with van der Waals surface area (Å²) in [6.07, 6.45) is 0. The lowest BCUT2D eigenvalue weighted by atomic mass is 10.1. The molecule has 2 aromatic carbocycles. The average molecular weight is 409 g/mol. The highest BCUT2D eigenvalue weighted by molar-refractivity contribution is 7.17. The standard InChI is InChI=1S/C22H19NO5S/c1-2-26-18-10-6-4-8-16(18)23-20(24)13-28-22(25)19-11-14-12-27-17-9-5-3-7-15(17)21(14)29-19/h3-11H,2,12-13H2,1H3,(H,23,24). The first-order valence-electron chi connectivity index (χ1n) is 9.19. The molecule has 0 bridgehead atoms. The van der Waals surface area contributed by atoms with Crippen molar-refractivity contribution in [2.75, 3.05) is 18.5 Å². The summed E-state index contributed by atoms with van der Waals surface area (Å²) in [6.45, 7) is 2.38. The van der Waals surface area contributed by atoms with Gasteiger partial charge in [-0.3, -0.25) is 4.79 Å². The first-order chi connectivity index (χ1) is 14.2. The second-order valence-electron chi connectivity index (χ2n) is 6.30. The first-order valence-corrected chi connectivity index (χ1v) is 10.0. The van der Waals surface area contributed by atoms with Crippen molar-refractivity contribution in [3.05, 3.63) is 65.0 Å². The maximum Gasteiger partial charge on any atom is 0.348 e. The van der Waals surface area contributed by atoms with E-state index in [0.717, 1.165) is 21.8 Å². The Hall–Kier alpha value is -3.32. The van der Waals surface area contributed by atoms with Gasteiger partial charge in [-0.05, 0) is 37.3 Å². The third kappa shape index (κ3) is 4.09. The summed E-state index contributed by atoms with van der Waals surface area (Å²) < 4.78 is 16.4.